The molecular formula is C31H46O9. The van der Waals surface area contributed by atoms with Crippen LogP contribution in [0.15, 0.2) is 11.6 Å². The quantitative estimate of drug-likeness (QED) is 0.293. The molecule has 224 valence electrons. The highest BCUT2D eigenvalue weighted by Crippen LogP contribution is 2.70. The van der Waals surface area contributed by atoms with Gasteiger partial charge in [0.2, 0.25) is 0 Å². The second-order valence-corrected chi connectivity index (χ2v) is 14.0. The zero-order valence-corrected chi connectivity index (χ0v) is 24.0. The summed E-state index contributed by atoms with van der Waals surface area (Å²) in [5.74, 6) is 0.134. The van der Waals surface area contributed by atoms with E-state index in [1.54, 1.807) is 6.92 Å². The Bertz CT molecular complexity index is 1060. The lowest BCUT2D eigenvalue weighted by molar-refractivity contribution is -0.319. The summed E-state index contributed by atoms with van der Waals surface area (Å²) in [5, 5.41) is 45.7. The van der Waals surface area contributed by atoms with E-state index in [1.807, 2.05) is 6.08 Å². The van der Waals surface area contributed by atoms with E-state index in [1.165, 1.54) is 12.7 Å². The number of carbonyl (C=O) groups is 2. The summed E-state index contributed by atoms with van der Waals surface area (Å²) in [6, 6.07) is 0. The number of ketones is 1. The van der Waals surface area contributed by atoms with E-state index >= 15 is 0 Å². The molecule has 0 spiro atoms. The topological polar surface area (TPSA) is 143 Å². The lowest BCUT2D eigenvalue weighted by atomic mass is 9.41. The first-order chi connectivity index (χ1) is 18.9. The maximum absolute atomic E-state index is 13.0. The third-order valence-corrected chi connectivity index (χ3v) is 12.5. The molecule has 1 heterocycles. The number of fused-ring (bicyclic) bond motifs is 5. The number of aliphatic hydroxyl groups is 4. The molecule has 6 aliphatic rings. The van der Waals surface area contributed by atoms with Gasteiger partial charge in [0.1, 0.15) is 24.6 Å². The minimum atomic E-state index is -1.28. The number of carbonyl (C=O) groups excluding carboxylic acids is 2. The van der Waals surface area contributed by atoms with E-state index in [0.29, 0.717) is 38.5 Å². The van der Waals surface area contributed by atoms with Crippen molar-refractivity contribution in [1.29, 1.82) is 0 Å². The van der Waals surface area contributed by atoms with Gasteiger partial charge in [-0.1, -0.05) is 12.5 Å². The molecule has 40 heavy (non-hydrogen) atoms. The minimum absolute atomic E-state index is 0.0924. The molecule has 9 heteroatoms. The molecule has 1 aliphatic heterocycles. The van der Waals surface area contributed by atoms with Gasteiger partial charge in [-0.15, -0.1) is 0 Å². The van der Waals surface area contributed by atoms with Gasteiger partial charge in [0.15, 0.2) is 12.1 Å². The van der Waals surface area contributed by atoms with Gasteiger partial charge in [-0.3, -0.25) is 4.79 Å². The van der Waals surface area contributed by atoms with Crippen LogP contribution in [0.1, 0.15) is 84.5 Å². The molecule has 9 nitrogen and oxygen atoms in total. The van der Waals surface area contributed by atoms with Crippen molar-refractivity contribution in [2.75, 3.05) is 7.11 Å². The number of ether oxygens (including phenoxy) is 3. The zero-order valence-electron chi connectivity index (χ0n) is 24.0. The Kier molecular flexibility index (Phi) is 7.17. The summed E-state index contributed by atoms with van der Waals surface area (Å²) in [6.07, 6.45) is 4.26. The SMILES string of the molecule is COC1C(O)C(C)OC(OC2CCC3(C=O)C4CCC5(C)C(C6=CC(=O)CC6)CCC5(O)C4CCC3(O)C2)C1O. The average molecular weight is 563 g/mol. The first kappa shape index (κ1) is 28.9. The number of allylic oxidation sites excluding steroid dienone is 2. The van der Waals surface area contributed by atoms with Crippen molar-refractivity contribution in [2.45, 2.75) is 132 Å². The highest BCUT2D eigenvalue weighted by molar-refractivity contribution is 5.93. The predicted molar refractivity (Wildman–Crippen MR) is 143 cm³/mol. The summed E-state index contributed by atoms with van der Waals surface area (Å²) in [4.78, 5) is 25.1. The highest BCUT2D eigenvalue weighted by atomic mass is 16.7. The van der Waals surface area contributed by atoms with Crippen molar-refractivity contribution in [3.05, 3.63) is 11.6 Å². The minimum Gasteiger partial charge on any atom is -0.389 e. The molecule has 4 N–H and O–H groups in total. The van der Waals surface area contributed by atoms with Crippen molar-refractivity contribution in [3.63, 3.8) is 0 Å². The summed E-state index contributed by atoms with van der Waals surface area (Å²) < 4.78 is 17.3. The lowest BCUT2D eigenvalue weighted by Crippen LogP contribution is -2.69. The Morgan fingerprint density at radius 2 is 1.75 bits per heavy atom. The first-order valence-corrected chi connectivity index (χ1v) is 15.3. The van der Waals surface area contributed by atoms with Gasteiger partial charge in [0.05, 0.1) is 28.8 Å². The molecule has 6 rings (SSSR count). The number of rotatable bonds is 5. The number of hydrogen-bond acceptors (Lipinski definition) is 9. The van der Waals surface area contributed by atoms with Crippen molar-refractivity contribution >= 4 is 12.1 Å². The molecule has 13 unspecified atom stereocenters. The van der Waals surface area contributed by atoms with Gasteiger partial charge >= 0.3 is 0 Å². The summed E-state index contributed by atoms with van der Waals surface area (Å²) >= 11 is 0. The van der Waals surface area contributed by atoms with Gasteiger partial charge in [-0.2, -0.15) is 0 Å². The van der Waals surface area contributed by atoms with Gasteiger partial charge in [0, 0.05) is 25.4 Å². The van der Waals surface area contributed by atoms with Crippen molar-refractivity contribution in [3.8, 4) is 0 Å². The Balaban J connectivity index is 1.22. The van der Waals surface area contributed by atoms with Crippen molar-refractivity contribution < 1.29 is 44.2 Å². The van der Waals surface area contributed by atoms with Gasteiger partial charge in [0.25, 0.3) is 0 Å². The fourth-order valence-corrected chi connectivity index (χ4v) is 10.3. The molecule has 0 aromatic heterocycles. The maximum Gasteiger partial charge on any atom is 0.186 e. The van der Waals surface area contributed by atoms with E-state index in [9.17, 15) is 30.0 Å². The van der Waals surface area contributed by atoms with Gasteiger partial charge < -0.3 is 39.4 Å². The summed E-state index contributed by atoms with van der Waals surface area (Å²) in [6.45, 7) is 3.88. The Morgan fingerprint density at radius 3 is 2.42 bits per heavy atom. The van der Waals surface area contributed by atoms with Gasteiger partial charge in [-0.25, -0.2) is 0 Å². The van der Waals surface area contributed by atoms with E-state index in [0.717, 1.165) is 32.0 Å². The Morgan fingerprint density at radius 1 is 1.00 bits per heavy atom. The number of hydrogen-bond donors (Lipinski definition) is 4. The van der Waals surface area contributed by atoms with Crippen LogP contribution in [0, 0.1) is 28.6 Å². The molecule has 13 atom stereocenters. The van der Waals surface area contributed by atoms with Crippen LogP contribution in [0.3, 0.4) is 0 Å². The van der Waals surface area contributed by atoms with Crippen LogP contribution in [0.25, 0.3) is 0 Å². The second-order valence-electron chi connectivity index (χ2n) is 14.0. The zero-order chi connectivity index (χ0) is 28.7. The van der Waals surface area contributed by atoms with Crippen LogP contribution in [-0.2, 0) is 23.8 Å². The molecule has 0 radical (unpaired) electrons. The third kappa shape index (κ3) is 3.91. The van der Waals surface area contributed by atoms with Crippen LogP contribution in [0.2, 0.25) is 0 Å². The van der Waals surface area contributed by atoms with E-state index < -0.39 is 53.4 Å². The summed E-state index contributed by atoms with van der Waals surface area (Å²) in [5.41, 5.74) is -2.37. The number of aliphatic hydroxyl groups excluding tert-OH is 2. The lowest BCUT2D eigenvalue weighted by Gasteiger charge is -2.65. The maximum atomic E-state index is 13.0. The smallest absolute Gasteiger partial charge is 0.186 e. The monoisotopic (exact) mass is 562 g/mol. The van der Waals surface area contributed by atoms with Gasteiger partial charge in [-0.05, 0) is 88.5 Å². The first-order valence-electron chi connectivity index (χ1n) is 15.3. The van der Waals surface area contributed by atoms with Crippen molar-refractivity contribution in [1.82, 2.24) is 0 Å². The molecule has 0 amide bonds. The Hall–Kier alpha value is -1.20. The summed E-state index contributed by atoms with van der Waals surface area (Å²) in [7, 11) is 1.42. The molecular weight excluding hydrogens is 516 g/mol. The van der Waals surface area contributed by atoms with E-state index in [4.69, 9.17) is 14.2 Å². The van der Waals surface area contributed by atoms with Crippen molar-refractivity contribution in [2.24, 2.45) is 28.6 Å². The predicted octanol–water partition coefficient (Wildman–Crippen LogP) is 2.21. The molecule has 5 aliphatic carbocycles. The normalized spacial score (nSPS) is 54.3. The van der Waals surface area contributed by atoms with Crippen LogP contribution >= 0.6 is 0 Å². The molecule has 4 saturated carbocycles. The molecule has 0 aromatic rings. The van der Waals surface area contributed by atoms with Crippen LogP contribution in [-0.4, -0.2) is 87.6 Å². The average Bonchev–Trinajstić information content (AvgIpc) is 3.46. The fourth-order valence-electron chi connectivity index (χ4n) is 10.3. The standard InChI is InChI=1S/C31H46O9/c1-17-24(34)26(38-3)25(35)27(39-17)40-20-6-11-29(16-32)22-7-10-28(2)21(18-4-5-19(33)14-18)9-13-31(28,37)23(22)8-12-30(29,36)15-20/h14,16-17,20-27,34-37H,4-13,15H2,1-3H3. The van der Waals surface area contributed by atoms with E-state index in [2.05, 4.69) is 6.92 Å². The van der Waals surface area contributed by atoms with Crippen LogP contribution < -0.4 is 0 Å². The fraction of sp³-hybridized carbons (Fsp3) is 0.871. The number of methoxy groups -OCH3 is 1. The third-order valence-electron chi connectivity index (χ3n) is 12.5. The highest BCUT2D eigenvalue weighted by Gasteiger charge is 2.71. The molecule has 0 bridgehead atoms. The Labute approximate surface area is 236 Å². The van der Waals surface area contributed by atoms with Crippen LogP contribution in [0.5, 0.6) is 0 Å². The molecule has 5 fully saturated rings. The largest absolute Gasteiger partial charge is 0.389 e. The molecule has 0 aromatic carbocycles. The molecule has 1 saturated heterocycles. The van der Waals surface area contributed by atoms with E-state index in [-0.39, 0.29) is 35.4 Å². The number of aldehydes is 1. The van der Waals surface area contributed by atoms with Crippen LogP contribution in [0.4, 0.5) is 0 Å². The second kappa shape index (κ2) is 9.93.